The summed E-state index contributed by atoms with van der Waals surface area (Å²) in [7, 11) is 0. The van der Waals surface area contributed by atoms with Crippen LogP contribution in [0.1, 0.15) is 20.8 Å². The molecule has 1 saturated heterocycles. The molecule has 0 saturated carbocycles. The molecule has 1 aliphatic heterocycles. The van der Waals surface area contributed by atoms with Gasteiger partial charge in [-0.3, -0.25) is 0 Å². The lowest BCUT2D eigenvalue weighted by atomic mass is 10.3. The molecule has 0 aliphatic carbocycles. The third-order valence-electron chi connectivity index (χ3n) is 1.67. The van der Waals surface area contributed by atoms with Crippen LogP contribution in [0.25, 0.3) is 0 Å². The molecular weight excluding hydrogens is 144 g/mol. The van der Waals surface area contributed by atoms with Crippen LogP contribution < -0.4 is 0 Å². The van der Waals surface area contributed by atoms with Gasteiger partial charge in [0.1, 0.15) is 6.10 Å². The highest BCUT2D eigenvalue weighted by Crippen LogP contribution is 2.14. The van der Waals surface area contributed by atoms with E-state index in [1.807, 2.05) is 20.8 Å². The average Bonchev–Trinajstić information content (AvgIpc) is 1.98. The third kappa shape index (κ3) is 2.43. The molecule has 0 spiro atoms. The maximum atomic E-state index is 5.49. The molecule has 1 aliphatic rings. The Kier molecular flexibility index (Phi) is 3.30. The molecule has 66 valence electrons. The maximum absolute atomic E-state index is 5.49. The summed E-state index contributed by atoms with van der Waals surface area (Å²) in [5.74, 6) is 0. The largest absolute Gasteiger partial charge is 0.371 e. The van der Waals surface area contributed by atoms with Gasteiger partial charge in [0.2, 0.25) is 0 Å². The second-order valence-electron chi connectivity index (χ2n) is 2.81. The van der Waals surface area contributed by atoms with Crippen LogP contribution in [-0.2, 0) is 14.2 Å². The maximum Gasteiger partial charge on any atom is 0.183 e. The second-order valence-corrected chi connectivity index (χ2v) is 2.81. The lowest BCUT2D eigenvalue weighted by molar-refractivity contribution is -0.265. The van der Waals surface area contributed by atoms with Gasteiger partial charge in [-0.1, -0.05) is 0 Å². The molecular formula is C8H16O3. The van der Waals surface area contributed by atoms with Crippen molar-refractivity contribution in [1.82, 2.24) is 0 Å². The Labute approximate surface area is 67.6 Å². The van der Waals surface area contributed by atoms with Gasteiger partial charge in [0.05, 0.1) is 12.7 Å². The zero-order valence-corrected chi connectivity index (χ0v) is 7.37. The molecule has 0 bridgehead atoms. The fraction of sp³-hybridized carbons (Fsp3) is 1.00. The van der Waals surface area contributed by atoms with Gasteiger partial charge in [0, 0.05) is 6.61 Å². The van der Waals surface area contributed by atoms with Crippen molar-refractivity contribution >= 4 is 0 Å². The van der Waals surface area contributed by atoms with Crippen LogP contribution in [0.3, 0.4) is 0 Å². The predicted molar refractivity (Wildman–Crippen MR) is 41.4 cm³/mol. The Morgan fingerprint density at radius 3 is 2.82 bits per heavy atom. The topological polar surface area (TPSA) is 27.7 Å². The van der Waals surface area contributed by atoms with E-state index in [1.165, 1.54) is 0 Å². The van der Waals surface area contributed by atoms with E-state index in [-0.39, 0.29) is 18.5 Å². The van der Waals surface area contributed by atoms with Crippen molar-refractivity contribution in [3.63, 3.8) is 0 Å². The van der Waals surface area contributed by atoms with Crippen LogP contribution in [0.5, 0.6) is 0 Å². The fourth-order valence-electron chi connectivity index (χ4n) is 1.08. The highest BCUT2D eigenvalue weighted by Gasteiger charge is 2.26. The standard InChI is InChI=1S/C8H16O3/c1-4-9-8-7(3)10-5-6(2)11-8/h6-8H,4-5H2,1-3H3. The molecule has 0 aromatic heterocycles. The van der Waals surface area contributed by atoms with E-state index in [0.717, 1.165) is 0 Å². The quantitative estimate of drug-likeness (QED) is 0.607. The van der Waals surface area contributed by atoms with Gasteiger partial charge in [0.15, 0.2) is 6.29 Å². The monoisotopic (exact) mass is 160 g/mol. The smallest absolute Gasteiger partial charge is 0.183 e. The molecule has 11 heavy (non-hydrogen) atoms. The Morgan fingerprint density at radius 2 is 2.18 bits per heavy atom. The van der Waals surface area contributed by atoms with E-state index < -0.39 is 0 Å². The SMILES string of the molecule is CCOC1OC(C)COC1C. The van der Waals surface area contributed by atoms with Gasteiger partial charge in [-0.2, -0.15) is 0 Å². The molecule has 1 heterocycles. The Hall–Kier alpha value is -0.120. The molecule has 3 nitrogen and oxygen atoms in total. The number of hydrogen-bond donors (Lipinski definition) is 0. The van der Waals surface area contributed by atoms with E-state index in [4.69, 9.17) is 14.2 Å². The summed E-state index contributed by atoms with van der Waals surface area (Å²) in [6.07, 6.45) is 0.0395. The summed E-state index contributed by atoms with van der Waals surface area (Å²) in [6.45, 7) is 7.25. The fourth-order valence-corrected chi connectivity index (χ4v) is 1.08. The van der Waals surface area contributed by atoms with E-state index in [2.05, 4.69) is 0 Å². The molecule has 0 radical (unpaired) electrons. The molecule has 3 heteroatoms. The van der Waals surface area contributed by atoms with Crippen LogP contribution in [0.15, 0.2) is 0 Å². The number of rotatable bonds is 2. The summed E-state index contributed by atoms with van der Waals surface area (Å²) in [5.41, 5.74) is 0. The van der Waals surface area contributed by atoms with Crippen molar-refractivity contribution in [2.75, 3.05) is 13.2 Å². The van der Waals surface area contributed by atoms with Crippen LogP contribution in [0.2, 0.25) is 0 Å². The molecule has 0 N–H and O–H groups in total. The molecule has 3 atom stereocenters. The number of hydrogen-bond acceptors (Lipinski definition) is 3. The summed E-state index contributed by atoms with van der Waals surface area (Å²) >= 11 is 0. The first-order valence-electron chi connectivity index (χ1n) is 4.12. The normalized spacial score (nSPS) is 39.0. The lowest BCUT2D eigenvalue weighted by Gasteiger charge is -2.32. The predicted octanol–water partition coefficient (Wildman–Crippen LogP) is 1.17. The Balaban J connectivity index is 2.34. The minimum atomic E-state index is -0.177. The van der Waals surface area contributed by atoms with Crippen molar-refractivity contribution in [1.29, 1.82) is 0 Å². The highest BCUT2D eigenvalue weighted by atomic mass is 16.7. The summed E-state index contributed by atoms with van der Waals surface area (Å²) < 4.78 is 16.2. The Bertz CT molecular complexity index is 116. The van der Waals surface area contributed by atoms with Gasteiger partial charge in [-0.05, 0) is 20.8 Å². The summed E-state index contributed by atoms with van der Waals surface area (Å²) in [5, 5.41) is 0. The first-order valence-corrected chi connectivity index (χ1v) is 4.12. The third-order valence-corrected chi connectivity index (χ3v) is 1.67. The van der Waals surface area contributed by atoms with Crippen LogP contribution in [-0.4, -0.2) is 31.7 Å². The lowest BCUT2D eigenvalue weighted by Crippen LogP contribution is -2.42. The Morgan fingerprint density at radius 1 is 1.45 bits per heavy atom. The minimum absolute atomic E-state index is 0.0612. The molecule has 1 fully saturated rings. The zero-order valence-electron chi connectivity index (χ0n) is 7.37. The molecule has 0 amide bonds. The van der Waals surface area contributed by atoms with Crippen molar-refractivity contribution in [2.45, 2.75) is 39.3 Å². The van der Waals surface area contributed by atoms with Crippen molar-refractivity contribution < 1.29 is 14.2 Å². The van der Waals surface area contributed by atoms with Gasteiger partial charge < -0.3 is 14.2 Å². The highest BCUT2D eigenvalue weighted by molar-refractivity contribution is 4.65. The van der Waals surface area contributed by atoms with Crippen molar-refractivity contribution in [2.24, 2.45) is 0 Å². The van der Waals surface area contributed by atoms with Crippen molar-refractivity contribution in [3.8, 4) is 0 Å². The van der Waals surface area contributed by atoms with E-state index >= 15 is 0 Å². The average molecular weight is 160 g/mol. The molecule has 3 unspecified atom stereocenters. The number of ether oxygens (including phenoxy) is 3. The van der Waals surface area contributed by atoms with Crippen molar-refractivity contribution in [3.05, 3.63) is 0 Å². The molecule has 1 rings (SSSR count). The van der Waals surface area contributed by atoms with Gasteiger partial charge >= 0.3 is 0 Å². The van der Waals surface area contributed by atoms with Gasteiger partial charge in [-0.15, -0.1) is 0 Å². The van der Waals surface area contributed by atoms with Crippen LogP contribution in [0, 0.1) is 0 Å². The van der Waals surface area contributed by atoms with E-state index in [1.54, 1.807) is 0 Å². The van der Waals surface area contributed by atoms with E-state index in [9.17, 15) is 0 Å². The van der Waals surface area contributed by atoms with E-state index in [0.29, 0.717) is 13.2 Å². The first-order chi connectivity index (χ1) is 5.24. The van der Waals surface area contributed by atoms with Gasteiger partial charge in [0.25, 0.3) is 0 Å². The first kappa shape index (κ1) is 8.97. The van der Waals surface area contributed by atoms with Crippen LogP contribution in [0.4, 0.5) is 0 Å². The van der Waals surface area contributed by atoms with Gasteiger partial charge in [-0.25, -0.2) is 0 Å². The van der Waals surface area contributed by atoms with Crippen LogP contribution >= 0.6 is 0 Å². The second kappa shape index (κ2) is 4.04. The zero-order chi connectivity index (χ0) is 8.27. The molecule has 0 aromatic carbocycles. The minimum Gasteiger partial charge on any atom is -0.371 e. The summed E-state index contributed by atoms with van der Waals surface area (Å²) in [6, 6.07) is 0. The summed E-state index contributed by atoms with van der Waals surface area (Å²) in [4.78, 5) is 0. The molecule has 0 aromatic rings.